The van der Waals surface area contributed by atoms with Crippen molar-refractivity contribution in [2.45, 2.75) is 37.8 Å². The first kappa shape index (κ1) is 18.9. The zero-order valence-electron chi connectivity index (χ0n) is 14.4. The van der Waals surface area contributed by atoms with Gasteiger partial charge in [0.1, 0.15) is 12.1 Å². The Bertz CT molecular complexity index is 606. The third-order valence-corrected chi connectivity index (χ3v) is 4.38. The van der Waals surface area contributed by atoms with E-state index in [0.717, 1.165) is 12.0 Å². The molecule has 1 aromatic carbocycles. The van der Waals surface area contributed by atoms with Gasteiger partial charge in [0, 0.05) is 20.0 Å². The smallest absolute Gasteiger partial charge is 0.248 e. The molecule has 25 heavy (non-hydrogen) atoms. The molecule has 0 spiro atoms. The van der Waals surface area contributed by atoms with Gasteiger partial charge < -0.3 is 20.6 Å². The van der Waals surface area contributed by atoms with Gasteiger partial charge in [-0.1, -0.05) is 30.3 Å². The molecule has 1 aliphatic heterocycles. The van der Waals surface area contributed by atoms with Crippen molar-refractivity contribution in [2.24, 2.45) is 0 Å². The maximum Gasteiger partial charge on any atom is 0.248 e. The van der Waals surface area contributed by atoms with Gasteiger partial charge in [-0.25, -0.2) is 0 Å². The summed E-state index contributed by atoms with van der Waals surface area (Å²) in [4.78, 5) is 38.0. The monoisotopic (exact) mass is 347 g/mol. The third kappa shape index (κ3) is 5.03. The fraction of sp³-hybridized carbons (Fsp3) is 0.500. The second kappa shape index (κ2) is 9.17. The summed E-state index contributed by atoms with van der Waals surface area (Å²) >= 11 is 0. The van der Waals surface area contributed by atoms with Gasteiger partial charge in [0.2, 0.25) is 17.7 Å². The second-order valence-corrected chi connectivity index (χ2v) is 6.09. The van der Waals surface area contributed by atoms with E-state index < -0.39 is 24.6 Å². The van der Waals surface area contributed by atoms with Crippen LogP contribution >= 0.6 is 0 Å². The van der Waals surface area contributed by atoms with Crippen molar-refractivity contribution in [3.8, 4) is 0 Å². The highest BCUT2D eigenvalue weighted by Crippen LogP contribution is 2.18. The summed E-state index contributed by atoms with van der Waals surface area (Å²) in [5, 5.41) is 14.6. The minimum absolute atomic E-state index is 0.224. The molecule has 0 unspecified atom stereocenters. The Kier molecular flexibility index (Phi) is 6.94. The number of aliphatic hydroxyl groups is 1. The highest BCUT2D eigenvalue weighted by molar-refractivity contribution is 5.92. The molecule has 1 fully saturated rings. The van der Waals surface area contributed by atoms with Crippen LogP contribution < -0.4 is 10.6 Å². The van der Waals surface area contributed by atoms with Gasteiger partial charge in [0.15, 0.2) is 0 Å². The highest BCUT2D eigenvalue weighted by atomic mass is 16.3. The maximum absolute atomic E-state index is 12.6. The minimum atomic E-state index is -1.02. The summed E-state index contributed by atoms with van der Waals surface area (Å²) in [7, 11) is 1.53. The number of aliphatic hydroxyl groups excluding tert-OH is 1. The summed E-state index contributed by atoms with van der Waals surface area (Å²) in [6.07, 6.45) is 2.10. The summed E-state index contributed by atoms with van der Waals surface area (Å²) in [5.41, 5.74) is 1.03. The quantitative estimate of drug-likeness (QED) is 0.638. The molecule has 0 bridgehead atoms. The summed E-state index contributed by atoms with van der Waals surface area (Å²) in [5.74, 6) is -0.938. The lowest BCUT2D eigenvalue weighted by atomic mass is 10.1. The Morgan fingerprint density at radius 1 is 1.28 bits per heavy atom. The van der Waals surface area contributed by atoms with E-state index in [2.05, 4.69) is 10.6 Å². The number of carbonyl (C=O) groups is 3. The zero-order chi connectivity index (χ0) is 18.2. The normalized spacial score (nSPS) is 17.8. The molecular weight excluding hydrogens is 322 g/mol. The molecule has 2 rings (SSSR count). The van der Waals surface area contributed by atoms with Crippen molar-refractivity contribution in [1.29, 1.82) is 0 Å². The number of likely N-dealkylation sites (tertiary alicyclic amines) is 1. The molecule has 0 radical (unpaired) electrons. The van der Waals surface area contributed by atoms with E-state index in [1.54, 1.807) is 0 Å². The van der Waals surface area contributed by atoms with Crippen LogP contribution in [0.25, 0.3) is 0 Å². The standard InChI is InChI=1S/C18H25N3O4/c1-19-17(24)15-8-5-11-21(15)18(25)14(12-22)20-16(23)10-9-13-6-3-2-4-7-13/h2-4,6-7,14-15,22H,5,8-12H2,1H3,(H,19,24)(H,20,23)/t14-,15-/m0/s1. The van der Waals surface area contributed by atoms with Crippen molar-refractivity contribution >= 4 is 17.7 Å². The van der Waals surface area contributed by atoms with Crippen molar-refractivity contribution < 1.29 is 19.5 Å². The molecule has 3 N–H and O–H groups in total. The number of likely N-dealkylation sites (N-methyl/N-ethyl adjacent to an activating group) is 1. The molecule has 7 nitrogen and oxygen atoms in total. The average Bonchev–Trinajstić information content (AvgIpc) is 3.13. The molecule has 1 aliphatic rings. The number of nitrogens with zero attached hydrogens (tertiary/aromatic N) is 1. The third-order valence-electron chi connectivity index (χ3n) is 4.38. The largest absolute Gasteiger partial charge is 0.394 e. The van der Waals surface area contributed by atoms with Gasteiger partial charge >= 0.3 is 0 Å². The van der Waals surface area contributed by atoms with Crippen LogP contribution in [0.3, 0.4) is 0 Å². The van der Waals surface area contributed by atoms with Crippen molar-refractivity contribution in [1.82, 2.24) is 15.5 Å². The van der Waals surface area contributed by atoms with E-state index in [-0.39, 0.29) is 18.2 Å². The molecule has 1 heterocycles. The molecule has 2 atom stereocenters. The van der Waals surface area contributed by atoms with E-state index in [1.807, 2.05) is 30.3 Å². The van der Waals surface area contributed by atoms with Gasteiger partial charge in [0.25, 0.3) is 0 Å². The number of carbonyl (C=O) groups excluding carboxylic acids is 3. The minimum Gasteiger partial charge on any atom is -0.394 e. The Morgan fingerprint density at radius 2 is 2.00 bits per heavy atom. The molecule has 7 heteroatoms. The van der Waals surface area contributed by atoms with E-state index in [0.29, 0.717) is 19.4 Å². The van der Waals surface area contributed by atoms with Gasteiger partial charge in [-0.15, -0.1) is 0 Å². The number of hydrogen-bond acceptors (Lipinski definition) is 4. The Labute approximate surface area is 147 Å². The molecule has 1 saturated heterocycles. The Balaban J connectivity index is 1.91. The van der Waals surface area contributed by atoms with Gasteiger partial charge in [-0.05, 0) is 24.8 Å². The first-order valence-electron chi connectivity index (χ1n) is 8.53. The molecule has 0 aliphatic carbocycles. The van der Waals surface area contributed by atoms with Gasteiger partial charge in [0.05, 0.1) is 6.61 Å². The average molecular weight is 347 g/mol. The zero-order valence-corrected chi connectivity index (χ0v) is 14.4. The molecule has 136 valence electrons. The fourth-order valence-corrected chi connectivity index (χ4v) is 3.02. The van der Waals surface area contributed by atoms with Crippen molar-refractivity contribution in [3.05, 3.63) is 35.9 Å². The van der Waals surface area contributed by atoms with Crippen LogP contribution in [-0.4, -0.2) is 60.0 Å². The lowest BCUT2D eigenvalue weighted by molar-refractivity contribution is -0.142. The van der Waals surface area contributed by atoms with Crippen molar-refractivity contribution in [2.75, 3.05) is 20.2 Å². The fourth-order valence-electron chi connectivity index (χ4n) is 3.02. The molecule has 1 aromatic rings. The lowest BCUT2D eigenvalue weighted by Gasteiger charge is -2.27. The SMILES string of the molecule is CNC(=O)[C@@H]1CCCN1C(=O)[C@H](CO)NC(=O)CCc1ccccc1. The molecule has 0 saturated carbocycles. The van der Waals surface area contributed by atoms with Crippen LogP contribution in [0.2, 0.25) is 0 Å². The van der Waals surface area contributed by atoms with Crippen LogP contribution in [0.4, 0.5) is 0 Å². The Morgan fingerprint density at radius 3 is 2.64 bits per heavy atom. The summed E-state index contributed by atoms with van der Waals surface area (Å²) in [6, 6.07) is 8.02. The first-order valence-corrected chi connectivity index (χ1v) is 8.53. The van der Waals surface area contributed by atoms with E-state index >= 15 is 0 Å². The predicted octanol–water partition coefficient (Wildman–Crippen LogP) is -0.167. The number of nitrogens with one attached hydrogen (secondary N) is 2. The number of hydrogen-bond donors (Lipinski definition) is 3. The molecule has 0 aromatic heterocycles. The van der Waals surface area contributed by atoms with Crippen molar-refractivity contribution in [3.63, 3.8) is 0 Å². The molecular formula is C18H25N3O4. The Hall–Kier alpha value is -2.41. The van der Waals surface area contributed by atoms with E-state index in [1.165, 1.54) is 11.9 Å². The first-order chi connectivity index (χ1) is 12.1. The highest BCUT2D eigenvalue weighted by Gasteiger charge is 2.36. The molecule has 3 amide bonds. The van der Waals surface area contributed by atoms with E-state index in [4.69, 9.17) is 0 Å². The van der Waals surface area contributed by atoms with Crippen LogP contribution in [0.5, 0.6) is 0 Å². The van der Waals surface area contributed by atoms with Gasteiger partial charge in [-0.3, -0.25) is 14.4 Å². The number of amides is 3. The van der Waals surface area contributed by atoms with Crippen LogP contribution in [-0.2, 0) is 20.8 Å². The summed E-state index contributed by atoms with van der Waals surface area (Å²) in [6.45, 7) is -0.0415. The van der Waals surface area contributed by atoms with Crippen LogP contribution in [0, 0.1) is 0 Å². The van der Waals surface area contributed by atoms with Crippen LogP contribution in [0.15, 0.2) is 30.3 Å². The summed E-state index contributed by atoms with van der Waals surface area (Å²) < 4.78 is 0. The number of aryl methyl sites for hydroxylation is 1. The van der Waals surface area contributed by atoms with E-state index in [9.17, 15) is 19.5 Å². The second-order valence-electron chi connectivity index (χ2n) is 6.09. The number of benzene rings is 1. The maximum atomic E-state index is 12.6. The predicted molar refractivity (Wildman–Crippen MR) is 92.6 cm³/mol. The topological polar surface area (TPSA) is 98.7 Å². The van der Waals surface area contributed by atoms with Crippen LogP contribution in [0.1, 0.15) is 24.8 Å². The van der Waals surface area contributed by atoms with Gasteiger partial charge in [-0.2, -0.15) is 0 Å². The lowest BCUT2D eigenvalue weighted by Crippen LogP contribution is -2.54. The number of rotatable bonds is 7.